The molecular weight excluding hydrogens is 244 g/mol. The molecule has 0 fully saturated rings. The Hall–Kier alpha value is -1.90. The van der Waals surface area contributed by atoms with Crippen LogP contribution in [0.15, 0.2) is 4.52 Å². The summed E-state index contributed by atoms with van der Waals surface area (Å²) in [5, 5.41) is 15.7. The van der Waals surface area contributed by atoms with E-state index >= 15 is 0 Å². The summed E-state index contributed by atoms with van der Waals surface area (Å²) in [6.45, 7) is 5.81. The summed E-state index contributed by atoms with van der Waals surface area (Å²) in [4.78, 5) is 16.2. The SMILES string of the molecule is CCCC(C#N)(CCC)C(=O)NCc1nc(C)no1. The van der Waals surface area contributed by atoms with Crippen molar-refractivity contribution in [2.24, 2.45) is 5.41 Å². The van der Waals surface area contributed by atoms with Gasteiger partial charge in [0.2, 0.25) is 11.8 Å². The molecule has 1 aromatic rings. The highest BCUT2D eigenvalue weighted by molar-refractivity contribution is 5.85. The van der Waals surface area contributed by atoms with Gasteiger partial charge < -0.3 is 9.84 Å². The molecule has 1 rings (SSSR count). The van der Waals surface area contributed by atoms with Crippen molar-refractivity contribution in [2.75, 3.05) is 0 Å². The van der Waals surface area contributed by atoms with Gasteiger partial charge in [-0.25, -0.2) is 0 Å². The van der Waals surface area contributed by atoms with Crippen LogP contribution in [0.2, 0.25) is 0 Å². The molecule has 0 saturated carbocycles. The van der Waals surface area contributed by atoms with E-state index in [0.717, 1.165) is 12.8 Å². The molecule has 0 radical (unpaired) electrons. The van der Waals surface area contributed by atoms with Gasteiger partial charge in [0.25, 0.3) is 0 Å². The van der Waals surface area contributed by atoms with Gasteiger partial charge in [0.1, 0.15) is 5.41 Å². The third-order valence-corrected chi connectivity index (χ3v) is 2.97. The number of carbonyl (C=O) groups excluding carboxylic acids is 1. The minimum atomic E-state index is -0.946. The number of nitriles is 1. The highest BCUT2D eigenvalue weighted by atomic mass is 16.5. The highest BCUT2D eigenvalue weighted by Gasteiger charge is 2.36. The fourth-order valence-electron chi connectivity index (χ4n) is 2.11. The van der Waals surface area contributed by atoms with E-state index in [4.69, 9.17) is 4.52 Å². The zero-order valence-corrected chi connectivity index (χ0v) is 11.7. The summed E-state index contributed by atoms with van der Waals surface area (Å²) >= 11 is 0. The summed E-state index contributed by atoms with van der Waals surface area (Å²) in [5.41, 5.74) is -0.946. The standard InChI is InChI=1S/C13H20N4O2/c1-4-6-13(9-14,7-5-2)12(18)15-8-11-16-10(3)17-19-11/h4-8H2,1-3H3,(H,15,18). The average Bonchev–Trinajstić information content (AvgIpc) is 2.81. The quantitative estimate of drug-likeness (QED) is 0.814. The van der Waals surface area contributed by atoms with Crippen LogP contribution in [0.25, 0.3) is 0 Å². The summed E-state index contributed by atoms with van der Waals surface area (Å²) in [5.74, 6) is 0.623. The number of rotatable bonds is 7. The molecule has 0 aliphatic rings. The summed E-state index contributed by atoms with van der Waals surface area (Å²) in [6.07, 6.45) is 2.71. The molecule has 0 aliphatic heterocycles. The van der Waals surface area contributed by atoms with Crippen LogP contribution in [0.5, 0.6) is 0 Å². The molecule has 1 amide bonds. The maximum atomic E-state index is 12.2. The zero-order valence-electron chi connectivity index (χ0n) is 11.7. The van der Waals surface area contributed by atoms with Crippen LogP contribution in [0.3, 0.4) is 0 Å². The maximum Gasteiger partial charge on any atom is 0.246 e. The van der Waals surface area contributed by atoms with Gasteiger partial charge in [-0.3, -0.25) is 4.79 Å². The Morgan fingerprint density at radius 3 is 2.47 bits per heavy atom. The lowest BCUT2D eigenvalue weighted by Crippen LogP contribution is -2.39. The van der Waals surface area contributed by atoms with Crippen LogP contribution in [0.1, 0.15) is 51.2 Å². The van der Waals surface area contributed by atoms with Crippen LogP contribution in [-0.2, 0) is 11.3 Å². The van der Waals surface area contributed by atoms with Gasteiger partial charge in [0.05, 0.1) is 12.6 Å². The number of hydrogen-bond acceptors (Lipinski definition) is 5. The van der Waals surface area contributed by atoms with Crippen molar-refractivity contribution < 1.29 is 9.32 Å². The van der Waals surface area contributed by atoms with Gasteiger partial charge in [0, 0.05) is 0 Å². The molecule has 1 N–H and O–H groups in total. The Morgan fingerprint density at radius 2 is 2.05 bits per heavy atom. The van der Waals surface area contributed by atoms with E-state index in [9.17, 15) is 10.1 Å². The second kappa shape index (κ2) is 6.88. The van der Waals surface area contributed by atoms with Crippen LogP contribution < -0.4 is 5.32 Å². The van der Waals surface area contributed by atoms with Gasteiger partial charge in [-0.05, 0) is 19.8 Å². The van der Waals surface area contributed by atoms with Crippen molar-refractivity contribution >= 4 is 5.91 Å². The van der Waals surface area contributed by atoms with Gasteiger partial charge in [-0.1, -0.05) is 31.8 Å². The summed E-state index contributed by atoms with van der Waals surface area (Å²) in [7, 11) is 0. The monoisotopic (exact) mass is 264 g/mol. The Labute approximate surface area is 113 Å². The molecule has 6 heteroatoms. The van der Waals surface area contributed by atoms with Crippen LogP contribution in [-0.4, -0.2) is 16.0 Å². The van der Waals surface area contributed by atoms with Gasteiger partial charge >= 0.3 is 0 Å². The van der Waals surface area contributed by atoms with Gasteiger partial charge in [-0.2, -0.15) is 10.2 Å². The number of nitrogens with one attached hydrogen (secondary N) is 1. The Bertz CT molecular complexity index is 455. The van der Waals surface area contributed by atoms with E-state index in [2.05, 4.69) is 21.5 Å². The summed E-state index contributed by atoms with van der Waals surface area (Å²) in [6, 6.07) is 2.18. The highest BCUT2D eigenvalue weighted by Crippen LogP contribution is 2.29. The molecule has 0 unspecified atom stereocenters. The molecule has 0 aromatic carbocycles. The van der Waals surface area contributed by atoms with Crippen molar-refractivity contribution in [3.05, 3.63) is 11.7 Å². The van der Waals surface area contributed by atoms with E-state index in [1.807, 2.05) is 13.8 Å². The van der Waals surface area contributed by atoms with E-state index in [0.29, 0.717) is 24.6 Å². The minimum Gasteiger partial charge on any atom is -0.346 e. The van der Waals surface area contributed by atoms with Crippen molar-refractivity contribution in [3.8, 4) is 6.07 Å². The van der Waals surface area contributed by atoms with E-state index < -0.39 is 5.41 Å². The first-order chi connectivity index (χ1) is 9.07. The topological polar surface area (TPSA) is 91.8 Å². The first-order valence-electron chi connectivity index (χ1n) is 6.56. The molecular formula is C13H20N4O2. The molecule has 104 valence electrons. The van der Waals surface area contributed by atoms with Crippen molar-refractivity contribution in [2.45, 2.75) is 53.0 Å². The molecule has 0 bridgehead atoms. The maximum absolute atomic E-state index is 12.2. The predicted molar refractivity (Wildman–Crippen MR) is 68.7 cm³/mol. The smallest absolute Gasteiger partial charge is 0.246 e. The number of hydrogen-bond donors (Lipinski definition) is 1. The lowest BCUT2D eigenvalue weighted by molar-refractivity contribution is -0.129. The molecule has 1 aromatic heterocycles. The number of aryl methyl sites for hydroxylation is 1. The van der Waals surface area contributed by atoms with Crippen molar-refractivity contribution in [1.82, 2.24) is 15.5 Å². The lowest BCUT2D eigenvalue weighted by Gasteiger charge is -2.24. The van der Waals surface area contributed by atoms with Crippen LogP contribution in [0, 0.1) is 23.7 Å². The average molecular weight is 264 g/mol. The van der Waals surface area contributed by atoms with E-state index in [-0.39, 0.29) is 12.5 Å². The fourth-order valence-corrected chi connectivity index (χ4v) is 2.11. The normalized spacial score (nSPS) is 11.1. The second-order valence-corrected chi connectivity index (χ2v) is 4.61. The molecule has 0 aliphatic carbocycles. The molecule has 0 saturated heterocycles. The molecule has 6 nitrogen and oxygen atoms in total. The first kappa shape index (κ1) is 15.2. The minimum absolute atomic E-state index is 0.163. The molecule has 19 heavy (non-hydrogen) atoms. The lowest BCUT2D eigenvalue weighted by atomic mass is 9.80. The number of amides is 1. The fraction of sp³-hybridized carbons (Fsp3) is 0.692. The molecule has 1 heterocycles. The van der Waals surface area contributed by atoms with Crippen molar-refractivity contribution in [1.29, 1.82) is 5.26 Å². The Morgan fingerprint density at radius 1 is 1.42 bits per heavy atom. The Balaban J connectivity index is 2.69. The number of aromatic nitrogens is 2. The zero-order chi connectivity index (χ0) is 14.3. The largest absolute Gasteiger partial charge is 0.346 e. The Kier molecular flexibility index (Phi) is 5.49. The number of carbonyl (C=O) groups is 1. The van der Waals surface area contributed by atoms with Crippen molar-refractivity contribution in [3.63, 3.8) is 0 Å². The first-order valence-corrected chi connectivity index (χ1v) is 6.56. The van der Waals surface area contributed by atoms with Gasteiger partial charge in [-0.15, -0.1) is 0 Å². The van der Waals surface area contributed by atoms with E-state index in [1.54, 1.807) is 6.92 Å². The van der Waals surface area contributed by atoms with Gasteiger partial charge in [0.15, 0.2) is 5.82 Å². The predicted octanol–water partition coefficient (Wildman–Crippen LogP) is 2.10. The van der Waals surface area contributed by atoms with Crippen LogP contribution >= 0.6 is 0 Å². The van der Waals surface area contributed by atoms with E-state index in [1.165, 1.54) is 0 Å². The third kappa shape index (κ3) is 3.78. The molecule has 0 atom stereocenters. The third-order valence-electron chi connectivity index (χ3n) is 2.97. The van der Waals surface area contributed by atoms with Crippen LogP contribution in [0.4, 0.5) is 0 Å². The summed E-state index contributed by atoms with van der Waals surface area (Å²) < 4.78 is 4.92. The molecule has 0 spiro atoms. The second-order valence-electron chi connectivity index (χ2n) is 4.61. The number of nitrogens with zero attached hydrogens (tertiary/aromatic N) is 3.